The molecular formula is C19H18O2. The van der Waals surface area contributed by atoms with E-state index in [0.29, 0.717) is 5.56 Å². The first-order valence-electron chi connectivity index (χ1n) is 7.09. The molecule has 0 amide bonds. The fourth-order valence-electron chi connectivity index (χ4n) is 2.56. The summed E-state index contributed by atoms with van der Waals surface area (Å²) in [5.74, 6) is -0.268. The highest BCUT2D eigenvalue weighted by atomic mass is 16.6. The number of rotatable bonds is 1. The van der Waals surface area contributed by atoms with E-state index in [1.54, 1.807) is 0 Å². The Labute approximate surface area is 124 Å². The van der Waals surface area contributed by atoms with Crippen molar-refractivity contribution in [3.05, 3.63) is 60.2 Å². The van der Waals surface area contributed by atoms with Gasteiger partial charge < -0.3 is 4.74 Å². The first-order chi connectivity index (χ1) is 9.96. The Balaban J connectivity index is 2.32. The van der Waals surface area contributed by atoms with Gasteiger partial charge >= 0.3 is 5.97 Å². The predicted molar refractivity (Wildman–Crippen MR) is 86.6 cm³/mol. The number of ether oxygens (including phenoxy) is 1. The largest absolute Gasteiger partial charge is 0.456 e. The van der Waals surface area contributed by atoms with Gasteiger partial charge in [0, 0.05) is 0 Å². The second-order valence-corrected chi connectivity index (χ2v) is 6.20. The van der Waals surface area contributed by atoms with E-state index >= 15 is 0 Å². The lowest BCUT2D eigenvalue weighted by Gasteiger charge is -2.21. The van der Waals surface area contributed by atoms with E-state index in [0.717, 1.165) is 21.5 Å². The van der Waals surface area contributed by atoms with E-state index in [-0.39, 0.29) is 5.97 Å². The van der Waals surface area contributed by atoms with Crippen molar-refractivity contribution in [1.82, 2.24) is 0 Å². The molecule has 2 heteroatoms. The zero-order chi connectivity index (χ0) is 15.0. The maximum Gasteiger partial charge on any atom is 0.339 e. The Morgan fingerprint density at radius 3 is 1.81 bits per heavy atom. The van der Waals surface area contributed by atoms with Crippen LogP contribution in [0.25, 0.3) is 21.5 Å². The van der Waals surface area contributed by atoms with Crippen LogP contribution < -0.4 is 0 Å². The molecule has 0 aliphatic heterocycles. The average Bonchev–Trinajstić information content (AvgIpc) is 2.42. The standard InChI is InChI=1S/C19H18O2/c1-19(2,3)21-18(20)17-15-10-6-4-8-13(15)12-14-9-5-7-11-16(14)17/h4-12H,1-3H3. The summed E-state index contributed by atoms with van der Waals surface area (Å²) < 4.78 is 5.60. The molecule has 0 atom stereocenters. The van der Waals surface area contributed by atoms with E-state index in [9.17, 15) is 4.79 Å². The van der Waals surface area contributed by atoms with E-state index in [4.69, 9.17) is 4.74 Å². The third-order valence-electron chi connectivity index (χ3n) is 3.37. The highest BCUT2D eigenvalue weighted by Gasteiger charge is 2.21. The maximum absolute atomic E-state index is 12.7. The van der Waals surface area contributed by atoms with Crippen LogP contribution in [0, 0.1) is 0 Å². The number of hydrogen-bond acceptors (Lipinski definition) is 2. The topological polar surface area (TPSA) is 26.3 Å². The number of carbonyl (C=O) groups is 1. The normalized spacial score (nSPS) is 11.8. The minimum Gasteiger partial charge on any atom is -0.456 e. The Hall–Kier alpha value is -2.35. The van der Waals surface area contributed by atoms with E-state index in [2.05, 4.69) is 6.07 Å². The van der Waals surface area contributed by atoms with E-state index in [1.807, 2.05) is 69.3 Å². The molecule has 0 aliphatic rings. The van der Waals surface area contributed by atoms with Gasteiger partial charge in [-0.25, -0.2) is 4.79 Å². The molecule has 106 valence electrons. The summed E-state index contributed by atoms with van der Waals surface area (Å²) in [5.41, 5.74) is 0.147. The molecular weight excluding hydrogens is 260 g/mol. The van der Waals surface area contributed by atoms with Crippen LogP contribution in [0.4, 0.5) is 0 Å². The predicted octanol–water partition coefficient (Wildman–Crippen LogP) is 4.95. The van der Waals surface area contributed by atoms with Crippen molar-refractivity contribution < 1.29 is 9.53 Å². The summed E-state index contributed by atoms with van der Waals surface area (Å²) in [5, 5.41) is 3.98. The lowest BCUT2D eigenvalue weighted by Crippen LogP contribution is -2.24. The summed E-state index contributed by atoms with van der Waals surface area (Å²) in [7, 11) is 0. The van der Waals surface area contributed by atoms with Gasteiger partial charge in [0.15, 0.2) is 0 Å². The number of esters is 1. The van der Waals surface area contributed by atoms with Crippen LogP contribution in [-0.4, -0.2) is 11.6 Å². The van der Waals surface area contributed by atoms with Gasteiger partial charge in [-0.05, 0) is 48.4 Å². The fraction of sp³-hybridized carbons (Fsp3) is 0.211. The van der Waals surface area contributed by atoms with Gasteiger partial charge in [0.1, 0.15) is 5.60 Å². The summed E-state index contributed by atoms with van der Waals surface area (Å²) >= 11 is 0. The minimum absolute atomic E-state index is 0.268. The highest BCUT2D eigenvalue weighted by Crippen LogP contribution is 2.30. The van der Waals surface area contributed by atoms with Crippen LogP contribution in [-0.2, 0) is 4.74 Å². The molecule has 0 unspecified atom stereocenters. The molecule has 0 N–H and O–H groups in total. The quantitative estimate of drug-likeness (QED) is 0.465. The zero-order valence-corrected chi connectivity index (χ0v) is 12.5. The van der Waals surface area contributed by atoms with Gasteiger partial charge in [-0.15, -0.1) is 0 Å². The molecule has 0 saturated carbocycles. The number of fused-ring (bicyclic) bond motifs is 2. The van der Waals surface area contributed by atoms with Crippen molar-refractivity contribution in [2.45, 2.75) is 26.4 Å². The SMILES string of the molecule is CC(C)(C)OC(=O)c1c2ccccc2cc2ccccc12. The van der Waals surface area contributed by atoms with Gasteiger partial charge in [-0.2, -0.15) is 0 Å². The lowest BCUT2D eigenvalue weighted by atomic mass is 9.96. The first kappa shape index (κ1) is 13.6. The monoisotopic (exact) mass is 278 g/mol. The summed E-state index contributed by atoms with van der Waals surface area (Å²) in [4.78, 5) is 12.7. The molecule has 21 heavy (non-hydrogen) atoms. The zero-order valence-electron chi connectivity index (χ0n) is 12.5. The van der Waals surface area contributed by atoms with Crippen LogP contribution in [0.5, 0.6) is 0 Å². The van der Waals surface area contributed by atoms with Crippen molar-refractivity contribution in [1.29, 1.82) is 0 Å². The third-order valence-corrected chi connectivity index (χ3v) is 3.37. The van der Waals surface area contributed by atoms with Crippen molar-refractivity contribution in [3.8, 4) is 0 Å². The van der Waals surface area contributed by atoms with Crippen LogP contribution in [0.15, 0.2) is 54.6 Å². The Morgan fingerprint density at radius 2 is 1.33 bits per heavy atom. The Kier molecular flexibility index (Phi) is 3.17. The molecule has 0 saturated heterocycles. The van der Waals surface area contributed by atoms with E-state index in [1.165, 1.54) is 0 Å². The maximum atomic E-state index is 12.7. The van der Waals surface area contributed by atoms with Gasteiger partial charge in [-0.1, -0.05) is 48.5 Å². The smallest absolute Gasteiger partial charge is 0.339 e. The molecule has 0 aromatic heterocycles. The molecule has 3 rings (SSSR count). The highest BCUT2D eigenvalue weighted by molar-refractivity contribution is 6.16. The molecule has 3 aromatic rings. The van der Waals surface area contributed by atoms with Gasteiger partial charge in [0.25, 0.3) is 0 Å². The van der Waals surface area contributed by atoms with Gasteiger partial charge in [-0.3, -0.25) is 0 Å². The van der Waals surface area contributed by atoms with Gasteiger partial charge in [0.05, 0.1) is 5.56 Å². The Morgan fingerprint density at radius 1 is 0.857 bits per heavy atom. The summed E-state index contributed by atoms with van der Waals surface area (Å²) in [6.45, 7) is 5.66. The number of hydrogen-bond donors (Lipinski definition) is 0. The second kappa shape index (κ2) is 4.88. The van der Waals surface area contributed by atoms with Crippen LogP contribution >= 0.6 is 0 Å². The lowest BCUT2D eigenvalue weighted by molar-refractivity contribution is 0.00741. The fourth-order valence-corrected chi connectivity index (χ4v) is 2.56. The number of benzene rings is 3. The van der Waals surface area contributed by atoms with Crippen molar-refractivity contribution in [2.24, 2.45) is 0 Å². The van der Waals surface area contributed by atoms with Crippen LogP contribution in [0.3, 0.4) is 0 Å². The summed E-state index contributed by atoms with van der Waals surface area (Å²) in [6, 6.07) is 18.0. The number of carbonyl (C=O) groups excluding carboxylic acids is 1. The molecule has 0 aliphatic carbocycles. The van der Waals surface area contributed by atoms with E-state index < -0.39 is 5.60 Å². The van der Waals surface area contributed by atoms with Crippen molar-refractivity contribution >= 4 is 27.5 Å². The molecule has 0 radical (unpaired) electrons. The minimum atomic E-state index is -0.505. The molecule has 0 fully saturated rings. The van der Waals surface area contributed by atoms with Gasteiger partial charge in [0.2, 0.25) is 0 Å². The molecule has 0 bridgehead atoms. The van der Waals surface area contributed by atoms with Crippen molar-refractivity contribution in [3.63, 3.8) is 0 Å². The summed E-state index contributed by atoms with van der Waals surface area (Å²) in [6.07, 6.45) is 0. The second-order valence-electron chi connectivity index (χ2n) is 6.20. The molecule has 0 heterocycles. The third kappa shape index (κ3) is 2.62. The average molecular weight is 278 g/mol. The molecule has 2 nitrogen and oxygen atoms in total. The molecule has 3 aromatic carbocycles. The van der Waals surface area contributed by atoms with Crippen LogP contribution in [0.2, 0.25) is 0 Å². The first-order valence-corrected chi connectivity index (χ1v) is 7.09. The van der Waals surface area contributed by atoms with Crippen LogP contribution in [0.1, 0.15) is 31.1 Å². The molecule has 0 spiro atoms. The van der Waals surface area contributed by atoms with Crippen molar-refractivity contribution in [2.75, 3.05) is 0 Å². The Bertz CT molecular complexity index is 772.